The number of piperidine rings is 1. The maximum atomic E-state index is 12.1. The van der Waals surface area contributed by atoms with Crippen LogP contribution in [-0.4, -0.2) is 43.7 Å². The van der Waals surface area contributed by atoms with Crippen molar-refractivity contribution in [3.63, 3.8) is 0 Å². The molecular weight excluding hydrogens is 306 g/mol. The lowest BCUT2D eigenvalue weighted by Crippen LogP contribution is -2.45. The van der Waals surface area contributed by atoms with Gasteiger partial charge in [0.25, 0.3) is 0 Å². The molecule has 1 N–H and O–H groups in total. The second kappa shape index (κ2) is 7.06. The summed E-state index contributed by atoms with van der Waals surface area (Å²) in [6, 6.07) is 3.55. The van der Waals surface area contributed by atoms with Crippen LogP contribution >= 0.6 is 0 Å². The van der Waals surface area contributed by atoms with Crippen LogP contribution in [-0.2, 0) is 14.8 Å². The van der Waals surface area contributed by atoms with Gasteiger partial charge in [0.1, 0.15) is 11.5 Å². The highest BCUT2D eigenvalue weighted by atomic mass is 32.2. The molecule has 1 amide bonds. The number of carbonyl (C=O) groups excluding carboxylic acids is 1. The fourth-order valence-electron chi connectivity index (χ4n) is 2.37. The van der Waals surface area contributed by atoms with Gasteiger partial charge >= 0.3 is 0 Å². The molecule has 22 heavy (non-hydrogen) atoms. The molecule has 1 unspecified atom stereocenters. The summed E-state index contributed by atoms with van der Waals surface area (Å²) in [7, 11) is -3.25. The number of hydrogen-bond donors (Lipinski definition) is 1. The average Bonchev–Trinajstić information content (AvgIpc) is 2.92. The number of nitrogens with one attached hydrogen (secondary N) is 1. The summed E-state index contributed by atoms with van der Waals surface area (Å²) < 4.78 is 30.4. The van der Waals surface area contributed by atoms with Gasteiger partial charge < -0.3 is 4.42 Å². The summed E-state index contributed by atoms with van der Waals surface area (Å²) in [5, 5.41) is 3.85. The molecule has 8 heteroatoms. The van der Waals surface area contributed by atoms with E-state index in [4.69, 9.17) is 4.42 Å². The molecule has 0 saturated carbocycles. The van der Waals surface area contributed by atoms with Crippen molar-refractivity contribution in [1.29, 1.82) is 0 Å². The zero-order valence-electron chi connectivity index (χ0n) is 12.8. The van der Waals surface area contributed by atoms with Gasteiger partial charge in [-0.05, 0) is 38.8 Å². The monoisotopic (exact) mass is 327 g/mol. The van der Waals surface area contributed by atoms with Gasteiger partial charge in [-0.25, -0.2) is 18.1 Å². The Morgan fingerprint density at radius 2 is 2.32 bits per heavy atom. The highest BCUT2D eigenvalue weighted by Crippen LogP contribution is 2.19. The molecule has 1 atom stereocenters. The van der Waals surface area contributed by atoms with E-state index in [2.05, 4.69) is 10.5 Å². The van der Waals surface area contributed by atoms with Gasteiger partial charge in [0, 0.05) is 13.1 Å². The van der Waals surface area contributed by atoms with Crippen LogP contribution in [0.3, 0.4) is 0 Å². The first-order chi connectivity index (χ1) is 10.4. The van der Waals surface area contributed by atoms with Gasteiger partial charge in [0.2, 0.25) is 15.9 Å². The number of amides is 1. The quantitative estimate of drug-likeness (QED) is 0.647. The highest BCUT2D eigenvalue weighted by Gasteiger charge is 2.31. The third-order valence-corrected chi connectivity index (χ3v) is 5.49. The Kier molecular flexibility index (Phi) is 5.36. The minimum Gasteiger partial charge on any atom is -0.460 e. The minimum atomic E-state index is -3.25. The van der Waals surface area contributed by atoms with Gasteiger partial charge in [0.15, 0.2) is 0 Å². The van der Waals surface area contributed by atoms with Crippen LogP contribution in [0.1, 0.15) is 31.3 Å². The molecule has 122 valence electrons. The van der Waals surface area contributed by atoms with Crippen LogP contribution in [0.25, 0.3) is 0 Å². The maximum Gasteiger partial charge on any atom is 0.244 e. The summed E-state index contributed by atoms with van der Waals surface area (Å²) in [6.45, 7) is 4.13. The van der Waals surface area contributed by atoms with Crippen LogP contribution in [0, 0.1) is 12.8 Å². The van der Waals surface area contributed by atoms with Crippen LogP contribution in [0.5, 0.6) is 0 Å². The van der Waals surface area contributed by atoms with Crippen LogP contribution in [0.4, 0.5) is 0 Å². The molecular formula is C14H21N3O4S. The second-order valence-corrected chi connectivity index (χ2v) is 7.54. The van der Waals surface area contributed by atoms with Crippen molar-refractivity contribution >= 4 is 22.1 Å². The topological polar surface area (TPSA) is 92.0 Å². The minimum absolute atomic E-state index is 0.0529. The molecule has 2 heterocycles. The molecule has 1 aromatic rings. The van der Waals surface area contributed by atoms with Crippen molar-refractivity contribution in [1.82, 2.24) is 9.73 Å². The number of hydrazone groups is 1. The second-order valence-electron chi connectivity index (χ2n) is 5.28. The fraction of sp³-hybridized carbons (Fsp3) is 0.571. The first-order valence-corrected chi connectivity index (χ1v) is 8.90. The molecule has 0 radical (unpaired) electrons. The Labute approximate surface area is 130 Å². The summed E-state index contributed by atoms with van der Waals surface area (Å²) in [5.74, 6) is 0.732. The zero-order valence-corrected chi connectivity index (χ0v) is 13.6. The predicted octanol–water partition coefficient (Wildman–Crippen LogP) is 1.10. The first-order valence-electron chi connectivity index (χ1n) is 7.29. The van der Waals surface area contributed by atoms with Crippen LogP contribution in [0.2, 0.25) is 0 Å². The molecule has 0 aromatic carbocycles. The van der Waals surface area contributed by atoms with E-state index in [1.54, 1.807) is 19.1 Å². The van der Waals surface area contributed by atoms with E-state index in [0.717, 1.165) is 5.76 Å². The summed E-state index contributed by atoms with van der Waals surface area (Å²) in [5.41, 5.74) is 2.45. The summed E-state index contributed by atoms with van der Waals surface area (Å²) >= 11 is 0. The Morgan fingerprint density at radius 1 is 1.55 bits per heavy atom. The molecule has 2 rings (SSSR count). The molecule has 1 fully saturated rings. The van der Waals surface area contributed by atoms with E-state index in [1.165, 1.54) is 10.5 Å². The molecule has 7 nitrogen and oxygen atoms in total. The van der Waals surface area contributed by atoms with Gasteiger partial charge in [-0.3, -0.25) is 4.79 Å². The first kappa shape index (κ1) is 16.7. The van der Waals surface area contributed by atoms with E-state index >= 15 is 0 Å². The number of hydrogen-bond acceptors (Lipinski definition) is 5. The molecule has 0 aliphatic carbocycles. The SMILES string of the molecule is CCS(=O)(=O)N1CCCC(C(=O)NN=Cc2ccc(C)o2)C1. The third kappa shape index (κ3) is 4.17. The number of nitrogens with zero attached hydrogens (tertiary/aromatic N) is 2. The summed E-state index contributed by atoms with van der Waals surface area (Å²) in [6.07, 6.45) is 2.77. The van der Waals surface area contributed by atoms with Crippen LogP contribution in [0.15, 0.2) is 21.7 Å². The van der Waals surface area contributed by atoms with E-state index in [0.29, 0.717) is 25.1 Å². The average molecular weight is 327 g/mol. The smallest absolute Gasteiger partial charge is 0.244 e. The van der Waals surface area contributed by atoms with E-state index in [-0.39, 0.29) is 24.1 Å². The van der Waals surface area contributed by atoms with Crippen LogP contribution < -0.4 is 5.43 Å². The Bertz CT molecular complexity index is 651. The van der Waals surface area contributed by atoms with Crippen molar-refractivity contribution < 1.29 is 17.6 Å². The largest absolute Gasteiger partial charge is 0.460 e. The summed E-state index contributed by atoms with van der Waals surface area (Å²) in [4.78, 5) is 12.1. The number of furan rings is 1. The molecule has 1 aromatic heterocycles. The molecule has 1 aliphatic rings. The van der Waals surface area contributed by atoms with E-state index in [1.807, 2.05) is 6.92 Å². The predicted molar refractivity (Wildman–Crippen MR) is 82.9 cm³/mol. The zero-order chi connectivity index (χ0) is 16.2. The Morgan fingerprint density at radius 3 is 2.95 bits per heavy atom. The van der Waals surface area contributed by atoms with Crippen molar-refractivity contribution in [2.24, 2.45) is 11.0 Å². The number of carbonyl (C=O) groups is 1. The van der Waals surface area contributed by atoms with Crippen molar-refractivity contribution in [2.75, 3.05) is 18.8 Å². The number of sulfonamides is 1. The lowest BCUT2D eigenvalue weighted by molar-refractivity contribution is -0.126. The third-order valence-electron chi connectivity index (χ3n) is 3.64. The molecule has 1 aliphatic heterocycles. The Hall–Kier alpha value is -1.67. The standard InChI is InChI=1S/C14H21N3O4S/c1-3-22(19,20)17-8-4-5-12(10-17)14(18)16-15-9-13-7-6-11(2)21-13/h6-7,9,12H,3-5,8,10H2,1-2H3,(H,16,18). The van der Waals surface area contributed by atoms with Crippen molar-refractivity contribution in [2.45, 2.75) is 26.7 Å². The van der Waals surface area contributed by atoms with Crippen molar-refractivity contribution in [3.8, 4) is 0 Å². The molecule has 1 saturated heterocycles. The fourth-order valence-corrected chi connectivity index (χ4v) is 3.54. The van der Waals surface area contributed by atoms with Crippen molar-refractivity contribution in [3.05, 3.63) is 23.7 Å². The Balaban J connectivity index is 1.91. The lowest BCUT2D eigenvalue weighted by Gasteiger charge is -2.30. The van der Waals surface area contributed by atoms with Gasteiger partial charge in [-0.2, -0.15) is 5.10 Å². The van der Waals surface area contributed by atoms with E-state index in [9.17, 15) is 13.2 Å². The van der Waals surface area contributed by atoms with Gasteiger partial charge in [-0.1, -0.05) is 0 Å². The van der Waals surface area contributed by atoms with Gasteiger partial charge in [-0.15, -0.1) is 0 Å². The normalized spacial score (nSPS) is 20.4. The molecule has 0 bridgehead atoms. The maximum absolute atomic E-state index is 12.1. The number of aryl methyl sites for hydroxylation is 1. The lowest BCUT2D eigenvalue weighted by atomic mass is 9.99. The highest BCUT2D eigenvalue weighted by molar-refractivity contribution is 7.89. The number of rotatable bonds is 5. The van der Waals surface area contributed by atoms with E-state index < -0.39 is 10.0 Å². The molecule has 0 spiro atoms. The van der Waals surface area contributed by atoms with Gasteiger partial charge in [0.05, 0.1) is 17.9 Å².